The predicted octanol–water partition coefficient (Wildman–Crippen LogP) is 4.03. The molecule has 1 aromatic heterocycles. The van der Waals surface area contributed by atoms with Crippen LogP contribution < -0.4 is 14.9 Å². The van der Waals surface area contributed by atoms with Crippen molar-refractivity contribution < 1.29 is 28.5 Å². The number of phenols is 1. The maximum atomic E-state index is 13.2. The van der Waals surface area contributed by atoms with E-state index in [0.29, 0.717) is 41.1 Å². The Morgan fingerprint density at radius 2 is 2.14 bits per heavy atom. The number of ether oxygens (including phenoxy) is 4. The van der Waals surface area contributed by atoms with Crippen LogP contribution in [-0.4, -0.2) is 31.4 Å². The highest BCUT2D eigenvalue weighted by Crippen LogP contribution is 2.51. The highest BCUT2D eigenvalue weighted by molar-refractivity contribution is 5.98. The van der Waals surface area contributed by atoms with E-state index in [2.05, 4.69) is 6.92 Å². The van der Waals surface area contributed by atoms with E-state index < -0.39 is 6.29 Å². The van der Waals surface area contributed by atoms with Gasteiger partial charge in [0, 0.05) is 24.7 Å². The summed E-state index contributed by atoms with van der Waals surface area (Å²) in [4.78, 5) is 13.2. The number of benzene rings is 2. The SMILES string of the molecule is CCCCO[C@H]1C[C@H]2c3c(cc(OC)c4c(=O)c5c(O)cccc5oc34)O[C@H]2O1. The summed E-state index contributed by atoms with van der Waals surface area (Å²) in [5.41, 5.74) is 1.18. The number of unbranched alkanes of at least 4 members (excludes halogenated alkanes) is 1. The first-order chi connectivity index (χ1) is 14.1. The van der Waals surface area contributed by atoms with E-state index in [1.165, 1.54) is 13.2 Å². The van der Waals surface area contributed by atoms with Gasteiger partial charge in [-0.3, -0.25) is 4.79 Å². The van der Waals surface area contributed by atoms with Crippen LogP contribution in [0.15, 0.2) is 33.5 Å². The van der Waals surface area contributed by atoms with Gasteiger partial charge >= 0.3 is 0 Å². The average Bonchev–Trinajstić information content (AvgIpc) is 3.24. The summed E-state index contributed by atoms with van der Waals surface area (Å²) >= 11 is 0. The van der Waals surface area contributed by atoms with Crippen molar-refractivity contribution in [2.45, 2.75) is 44.7 Å². The fourth-order valence-corrected chi connectivity index (χ4v) is 4.20. The van der Waals surface area contributed by atoms with Crippen LogP contribution in [0.2, 0.25) is 0 Å². The number of rotatable bonds is 5. The molecular formula is C22H22O7. The van der Waals surface area contributed by atoms with Gasteiger partial charge in [-0.15, -0.1) is 0 Å². The van der Waals surface area contributed by atoms with E-state index in [-0.39, 0.29) is 28.8 Å². The summed E-state index contributed by atoms with van der Waals surface area (Å²) in [5.74, 6) is 0.693. The largest absolute Gasteiger partial charge is 0.507 e. The molecule has 5 rings (SSSR count). The van der Waals surface area contributed by atoms with E-state index in [1.54, 1.807) is 18.2 Å². The molecule has 2 aliphatic heterocycles. The molecule has 7 nitrogen and oxygen atoms in total. The predicted molar refractivity (Wildman–Crippen MR) is 106 cm³/mol. The number of hydrogen-bond donors (Lipinski definition) is 1. The number of aromatic hydroxyl groups is 1. The zero-order valence-electron chi connectivity index (χ0n) is 16.3. The molecule has 0 spiro atoms. The molecule has 3 aromatic rings. The lowest BCUT2D eigenvalue weighted by atomic mass is 9.95. The Kier molecular flexibility index (Phi) is 4.37. The molecule has 3 heterocycles. The molecule has 1 saturated heterocycles. The fourth-order valence-electron chi connectivity index (χ4n) is 4.20. The summed E-state index contributed by atoms with van der Waals surface area (Å²) in [6.07, 6.45) is 1.80. The molecule has 0 aliphatic carbocycles. The van der Waals surface area contributed by atoms with Crippen LogP contribution in [-0.2, 0) is 9.47 Å². The van der Waals surface area contributed by atoms with Crippen molar-refractivity contribution in [1.29, 1.82) is 0 Å². The Bertz CT molecular complexity index is 1150. The van der Waals surface area contributed by atoms with Gasteiger partial charge < -0.3 is 28.5 Å². The summed E-state index contributed by atoms with van der Waals surface area (Å²) < 4.78 is 29.3. The molecule has 2 aliphatic rings. The summed E-state index contributed by atoms with van der Waals surface area (Å²) in [6, 6.07) is 6.46. The van der Waals surface area contributed by atoms with Crippen molar-refractivity contribution >= 4 is 21.9 Å². The Labute approximate surface area is 166 Å². The average molecular weight is 398 g/mol. The van der Waals surface area contributed by atoms with Gasteiger partial charge in [0.1, 0.15) is 39.2 Å². The molecule has 0 unspecified atom stereocenters. The van der Waals surface area contributed by atoms with Crippen molar-refractivity contribution in [3.63, 3.8) is 0 Å². The van der Waals surface area contributed by atoms with Crippen LogP contribution in [0.4, 0.5) is 0 Å². The number of fused-ring (bicyclic) bond motifs is 6. The van der Waals surface area contributed by atoms with Gasteiger partial charge in [-0.2, -0.15) is 0 Å². The van der Waals surface area contributed by atoms with E-state index >= 15 is 0 Å². The molecule has 7 heteroatoms. The summed E-state index contributed by atoms with van der Waals surface area (Å²) in [5, 5.41) is 10.6. The summed E-state index contributed by atoms with van der Waals surface area (Å²) in [6.45, 7) is 2.74. The Morgan fingerprint density at radius 1 is 1.28 bits per heavy atom. The lowest BCUT2D eigenvalue weighted by Gasteiger charge is -2.15. The third-order valence-corrected chi connectivity index (χ3v) is 5.61. The molecular weight excluding hydrogens is 376 g/mol. The Balaban J connectivity index is 1.67. The number of methoxy groups -OCH3 is 1. The van der Waals surface area contributed by atoms with E-state index in [4.69, 9.17) is 23.4 Å². The van der Waals surface area contributed by atoms with Crippen molar-refractivity contribution in [1.82, 2.24) is 0 Å². The highest BCUT2D eigenvalue weighted by atomic mass is 16.8. The van der Waals surface area contributed by atoms with Gasteiger partial charge in [0.05, 0.1) is 13.0 Å². The van der Waals surface area contributed by atoms with Crippen LogP contribution in [0.5, 0.6) is 17.2 Å². The quantitative estimate of drug-likeness (QED) is 0.513. The minimum absolute atomic E-state index is 0.108. The van der Waals surface area contributed by atoms with E-state index in [9.17, 15) is 9.90 Å². The standard InChI is InChI=1S/C22H22O7/c1-3-4-8-26-16-9-11-17-15(28-22(11)29-16)10-14(25-2)19-20(24)18-12(23)6-5-7-13(18)27-21(17)19/h5-7,10-11,16,22-23H,3-4,8-9H2,1-2H3/t11-,16+,22-/m0/s1. The van der Waals surface area contributed by atoms with Gasteiger partial charge in [0.25, 0.3) is 0 Å². The van der Waals surface area contributed by atoms with Gasteiger partial charge in [0.15, 0.2) is 6.29 Å². The monoisotopic (exact) mass is 398 g/mol. The topological polar surface area (TPSA) is 87.4 Å². The van der Waals surface area contributed by atoms with Gasteiger partial charge in [-0.25, -0.2) is 0 Å². The molecule has 1 N–H and O–H groups in total. The van der Waals surface area contributed by atoms with Gasteiger partial charge in [-0.05, 0) is 18.6 Å². The fraction of sp³-hybridized carbons (Fsp3) is 0.409. The third kappa shape index (κ3) is 2.76. The van der Waals surface area contributed by atoms with Crippen molar-refractivity contribution in [3.8, 4) is 17.2 Å². The maximum absolute atomic E-state index is 13.2. The first-order valence-corrected chi connectivity index (χ1v) is 9.85. The minimum atomic E-state index is -0.489. The third-order valence-electron chi connectivity index (χ3n) is 5.61. The maximum Gasteiger partial charge on any atom is 0.209 e. The van der Waals surface area contributed by atoms with Crippen LogP contribution in [0, 0.1) is 0 Å². The molecule has 0 radical (unpaired) electrons. The van der Waals surface area contributed by atoms with Gasteiger partial charge in [0.2, 0.25) is 11.7 Å². The highest BCUT2D eigenvalue weighted by Gasteiger charge is 2.47. The molecule has 29 heavy (non-hydrogen) atoms. The van der Waals surface area contributed by atoms with Crippen molar-refractivity contribution in [2.24, 2.45) is 0 Å². The van der Waals surface area contributed by atoms with Crippen LogP contribution in [0.25, 0.3) is 21.9 Å². The zero-order chi connectivity index (χ0) is 20.1. The molecule has 2 aromatic carbocycles. The molecule has 0 saturated carbocycles. The molecule has 152 valence electrons. The second kappa shape index (κ2) is 6.93. The first kappa shape index (κ1) is 18.3. The van der Waals surface area contributed by atoms with Gasteiger partial charge in [-0.1, -0.05) is 19.4 Å². The van der Waals surface area contributed by atoms with E-state index in [1.807, 2.05) is 0 Å². The van der Waals surface area contributed by atoms with Crippen LogP contribution in [0.3, 0.4) is 0 Å². The van der Waals surface area contributed by atoms with E-state index in [0.717, 1.165) is 18.4 Å². The normalized spacial score (nSPS) is 22.6. The van der Waals surface area contributed by atoms with Crippen molar-refractivity contribution in [3.05, 3.63) is 40.1 Å². The zero-order valence-corrected chi connectivity index (χ0v) is 16.3. The van der Waals surface area contributed by atoms with Crippen LogP contribution >= 0.6 is 0 Å². The Morgan fingerprint density at radius 3 is 2.93 bits per heavy atom. The first-order valence-electron chi connectivity index (χ1n) is 9.85. The molecule has 1 fully saturated rings. The second-order valence-corrected chi connectivity index (χ2v) is 7.39. The molecule has 0 amide bonds. The number of phenolic OH excluding ortho intramolecular Hbond substituents is 1. The minimum Gasteiger partial charge on any atom is -0.507 e. The van der Waals surface area contributed by atoms with Crippen LogP contribution in [0.1, 0.15) is 37.7 Å². The number of hydrogen-bond acceptors (Lipinski definition) is 7. The second-order valence-electron chi connectivity index (χ2n) is 7.39. The Hall–Kier alpha value is -2.77. The van der Waals surface area contributed by atoms with Crippen molar-refractivity contribution in [2.75, 3.05) is 13.7 Å². The smallest absolute Gasteiger partial charge is 0.209 e. The molecule has 3 atom stereocenters. The summed E-state index contributed by atoms with van der Waals surface area (Å²) in [7, 11) is 1.49. The lowest BCUT2D eigenvalue weighted by Crippen LogP contribution is -2.18. The lowest BCUT2D eigenvalue weighted by molar-refractivity contribution is -0.175. The molecule has 0 bridgehead atoms.